The second kappa shape index (κ2) is 8.99. The first kappa shape index (κ1) is 21.2. The van der Waals surface area contributed by atoms with Crippen LogP contribution in [0.3, 0.4) is 0 Å². The summed E-state index contributed by atoms with van der Waals surface area (Å²) in [6.45, 7) is 4.26. The summed E-state index contributed by atoms with van der Waals surface area (Å²) in [5, 5.41) is 9.18. The Morgan fingerprint density at radius 2 is 2.16 bits per heavy atom. The number of nitrogens with zero attached hydrogens (tertiary/aromatic N) is 5. The van der Waals surface area contributed by atoms with Gasteiger partial charge in [0.2, 0.25) is 0 Å². The highest BCUT2D eigenvalue weighted by atomic mass is 79.9. The van der Waals surface area contributed by atoms with Crippen LogP contribution in [0.2, 0.25) is 5.15 Å². The molecule has 3 heterocycles. The number of anilines is 2. The third-order valence-corrected chi connectivity index (χ3v) is 5.54. The maximum atomic E-state index is 14.9. The molecule has 7 nitrogen and oxygen atoms in total. The Labute approximate surface area is 191 Å². The van der Waals surface area contributed by atoms with Crippen molar-refractivity contribution >= 4 is 56.3 Å². The van der Waals surface area contributed by atoms with Crippen molar-refractivity contribution in [3.8, 4) is 5.75 Å². The number of benzene rings is 1. The molecule has 0 radical (unpaired) electrons. The van der Waals surface area contributed by atoms with Crippen LogP contribution in [0.25, 0.3) is 11.0 Å². The van der Waals surface area contributed by atoms with E-state index in [9.17, 15) is 4.39 Å². The maximum absolute atomic E-state index is 14.9. The number of halogens is 3. The van der Waals surface area contributed by atoms with Crippen LogP contribution >= 0.6 is 27.5 Å². The van der Waals surface area contributed by atoms with Gasteiger partial charge in [-0.2, -0.15) is 5.10 Å². The van der Waals surface area contributed by atoms with Gasteiger partial charge in [-0.1, -0.05) is 11.6 Å². The van der Waals surface area contributed by atoms with Gasteiger partial charge >= 0.3 is 0 Å². The maximum Gasteiger partial charge on any atom is 0.160 e. The number of allylic oxidation sites excluding steroid dienone is 1. The molecule has 1 N–H and O–H groups in total. The van der Waals surface area contributed by atoms with Gasteiger partial charge in [-0.15, -0.1) is 0 Å². The van der Waals surface area contributed by atoms with E-state index in [4.69, 9.17) is 16.3 Å². The zero-order chi connectivity index (χ0) is 22.0. The van der Waals surface area contributed by atoms with Gasteiger partial charge in [0.25, 0.3) is 0 Å². The Morgan fingerprint density at radius 3 is 2.90 bits per heavy atom. The van der Waals surface area contributed by atoms with E-state index in [2.05, 4.69) is 41.3 Å². The van der Waals surface area contributed by atoms with Crippen LogP contribution in [-0.2, 0) is 0 Å². The summed E-state index contributed by atoms with van der Waals surface area (Å²) in [6, 6.07) is 4.72. The number of hydrogen-bond acceptors (Lipinski definition) is 7. The van der Waals surface area contributed by atoms with Gasteiger partial charge < -0.3 is 10.1 Å². The normalized spacial score (nSPS) is 13.7. The molecule has 1 aliphatic heterocycles. The molecule has 4 rings (SSSR count). The minimum atomic E-state index is -0.492. The van der Waals surface area contributed by atoms with Crippen LogP contribution < -0.4 is 10.1 Å². The molecule has 2 aromatic heterocycles. The zero-order valence-electron chi connectivity index (χ0n) is 16.6. The zero-order valence-corrected chi connectivity index (χ0v) is 18.9. The van der Waals surface area contributed by atoms with Crippen molar-refractivity contribution in [2.75, 3.05) is 11.9 Å². The van der Waals surface area contributed by atoms with Crippen molar-refractivity contribution < 1.29 is 9.13 Å². The van der Waals surface area contributed by atoms with Gasteiger partial charge in [-0.05, 0) is 59.6 Å². The third-order valence-electron chi connectivity index (χ3n) is 4.42. The molecule has 10 heteroatoms. The topological polar surface area (TPSA) is 75.5 Å². The van der Waals surface area contributed by atoms with Gasteiger partial charge in [-0.25, -0.2) is 19.3 Å². The van der Waals surface area contributed by atoms with Gasteiger partial charge in [-0.3, -0.25) is 5.01 Å². The van der Waals surface area contributed by atoms with Crippen LogP contribution in [0.4, 0.5) is 15.9 Å². The molecule has 1 aromatic carbocycles. The monoisotopic (exact) mass is 502 g/mol. The second-order valence-electron chi connectivity index (χ2n) is 6.59. The minimum absolute atomic E-state index is 0.238. The molecule has 158 valence electrons. The SMILES string of the molecule is C/C=N\N1C=CC(Oc2cc(F)c(Nc3ncnc4cc(Br)c(Cl)nc34)cc2C)=CC1. The summed E-state index contributed by atoms with van der Waals surface area (Å²) in [7, 11) is 0. The van der Waals surface area contributed by atoms with Crippen molar-refractivity contribution in [3.63, 3.8) is 0 Å². The summed E-state index contributed by atoms with van der Waals surface area (Å²) in [5.41, 5.74) is 2.00. The van der Waals surface area contributed by atoms with E-state index < -0.39 is 5.82 Å². The Morgan fingerprint density at radius 1 is 1.32 bits per heavy atom. The van der Waals surface area contributed by atoms with E-state index in [0.29, 0.717) is 39.4 Å². The molecule has 3 aromatic rings. The summed E-state index contributed by atoms with van der Waals surface area (Å²) < 4.78 is 21.4. The fraction of sp³-hybridized carbons (Fsp3) is 0.143. The fourth-order valence-corrected chi connectivity index (χ4v) is 3.38. The van der Waals surface area contributed by atoms with Crippen molar-refractivity contribution in [1.82, 2.24) is 20.0 Å². The quantitative estimate of drug-likeness (QED) is 0.354. The Balaban J connectivity index is 1.58. The van der Waals surface area contributed by atoms with Crippen molar-refractivity contribution in [3.05, 3.63) is 69.6 Å². The predicted molar refractivity (Wildman–Crippen MR) is 123 cm³/mol. The van der Waals surface area contributed by atoms with E-state index in [1.54, 1.807) is 35.6 Å². The number of aromatic nitrogens is 3. The number of ether oxygens (including phenoxy) is 1. The standard InChI is InChI=1S/C21H17BrClFN6O/c1-3-27-30-6-4-13(5-7-30)31-18-10-15(24)16(8-12(18)2)28-21-19-17(25-11-26-21)9-14(22)20(23)29-19/h3-6,8-11H,7H2,1-2H3,(H,25,26,28)/b27-3-. The van der Waals surface area contributed by atoms with Gasteiger partial charge in [0.1, 0.15) is 34.3 Å². The number of nitrogens with one attached hydrogen (secondary N) is 1. The number of fused-ring (bicyclic) bond motifs is 1. The molecule has 0 fully saturated rings. The minimum Gasteiger partial charge on any atom is -0.457 e. The molecule has 0 bridgehead atoms. The van der Waals surface area contributed by atoms with Crippen molar-refractivity contribution in [2.45, 2.75) is 13.8 Å². The second-order valence-corrected chi connectivity index (χ2v) is 7.81. The lowest BCUT2D eigenvalue weighted by atomic mass is 10.2. The van der Waals surface area contributed by atoms with E-state index >= 15 is 0 Å². The summed E-state index contributed by atoms with van der Waals surface area (Å²) in [5.74, 6) is 0.898. The number of pyridine rings is 1. The Hall–Kier alpha value is -3.04. The van der Waals surface area contributed by atoms with Crippen LogP contribution in [0.1, 0.15) is 12.5 Å². The largest absolute Gasteiger partial charge is 0.457 e. The average Bonchev–Trinajstić information content (AvgIpc) is 2.74. The van der Waals surface area contributed by atoms with E-state index in [1.807, 2.05) is 19.9 Å². The molecular weight excluding hydrogens is 487 g/mol. The highest BCUT2D eigenvalue weighted by Gasteiger charge is 2.15. The van der Waals surface area contributed by atoms with Crippen LogP contribution in [0.5, 0.6) is 5.75 Å². The lowest BCUT2D eigenvalue weighted by Crippen LogP contribution is -2.15. The van der Waals surface area contributed by atoms with Gasteiger partial charge in [0, 0.05) is 18.5 Å². The van der Waals surface area contributed by atoms with Crippen LogP contribution in [-0.4, -0.2) is 32.7 Å². The Kier molecular flexibility index (Phi) is 6.15. The number of hydrazone groups is 1. The van der Waals surface area contributed by atoms with Crippen molar-refractivity contribution in [2.24, 2.45) is 5.10 Å². The molecule has 0 spiro atoms. The summed E-state index contributed by atoms with van der Waals surface area (Å²) in [4.78, 5) is 12.7. The van der Waals surface area contributed by atoms with Crippen LogP contribution in [0.15, 0.2) is 58.2 Å². The summed E-state index contributed by atoms with van der Waals surface area (Å²) in [6.07, 6.45) is 8.53. The van der Waals surface area contributed by atoms with Crippen LogP contribution in [0, 0.1) is 12.7 Å². The third kappa shape index (κ3) is 4.67. The van der Waals surface area contributed by atoms with Crippen molar-refractivity contribution in [1.29, 1.82) is 0 Å². The lowest BCUT2D eigenvalue weighted by molar-refractivity contribution is 0.392. The molecule has 0 saturated carbocycles. The number of hydrogen-bond donors (Lipinski definition) is 1. The molecule has 0 amide bonds. The van der Waals surface area contributed by atoms with E-state index in [1.165, 1.54) is 12.4 Å². The highest BCUT2D eigenvalue weighted by molar-refractivity contribution is 9.10. The molecule has 0 unspecified atom stereocenters. The predicted octanol–water partition coefficient (Wildman–Crippen LogP) is 5.73. The van der Waals surface area contributed by atoms with E-state index in [-0.39, 0.29) is 10.8 Å². The van der Waals surface area contributed by atoms with Gasteiger partial charge in [0.05, 0.1) is 22.2 Å². The molecule has 0 atom stereocenters. The first-order valence-corrected chi connectivity index (χ1v) is 10.5. The molecule has 1 aliphatic rings. The molecule has 0 saturated heterocycles. The van der Waals surface area contributed by atoms with E-state index in [0.717, 1.165) is 5.56 Å². The number of rotatable bonds is 5. The lowest BCUT2D eigenvalue weighted by Gasteiger charge is -2.18. The molecular formula is C21H17BrClFN6O. The average molecular weight is 504 g/mol. The summed E-state index contributed by atoms with van der Waals surface area (Å²) >= 11 is 9.43. The molecule has 31 heavy (non-hydrogen) atoms. The Bertz CT molecular complexity index is 1250. The first-order chi connectivity index (χ1) is 14.9. The first-order valence-electron chi connectivity index (χ1n) is 9.30. The highest BCUT2D eigenvalue weighted by Crippen LogP contribution is 2.32. The smallest absolute Gasteiger partial charge is 0.160 e. The fourth-order valence-electron chi connectivity index (χ4n) is 2.94. The number of aryl methyl sites for hydroxylation is 1. The molecule has 0 aliphatic carbocycles. The van der Waals surface area contributed by atoms with Gasteiger partial charge in [0.15, 0.2) is 5.82 Å².